The fraction of sp³-hybridized carbons (Fsp3) is 0.500. The molecular formula is C44H67N5O4. The average molecular weight is 730 g/mol. The van der Waals surface area contributed by atoms with Crippen LogP contribution >= 0.6 is 0 Å². The van der Waals surface area contributed by atoms with E-state index in [0.717, 1.165) is 43.7 Å². The first-order chi connectivity index (χ1) is 25.1. The predicted molar refractivity (Wildman–Crippen MR) is 222 cm³/mol. The molecule has 0 spiro atoms. The molecule has 1 saturated heterocycles. The molecule has 53 heavy (non-hydrogen) atoms. The molecule has 292 valence electrons. The van der Waals surface area contributed by atoms with Crippen molar-refractivity contribution in [3.8, 4) is 11.5 Å². The molecule has 2 aromatic rings. The zero-order chi connectivity index (χ0) is 40.0. The first kappa shape index (κ1) is 46.4. The van der Waals surface area contributed by atoms with Gasteiger partial charge in [-0.25, -0.2) is 4.79 Å². The summed E-state index contributed by atoms with van der Waals surface area (Å²) >= 11 is 0. The van der Waals surface area contributed by atoms with Gasteiger partial charge in [0.25, 0.3) is 0 Å². The Morgan fingerprint density at radius 1 is 0.981 bits per heavy atom. The Morgan fingerprint density at radius 3 is 2.00 bits per heavy atom. The largest absolute Gasteiger partial charge is 0.457 e. The van der Waals surface area contributed by atoms with E-state index < -0.39 is 5.60 Å². The summed E-state index contributed by atoms with van der Waals surface area (Å²) in [6.45, 7) is 25.6. The monoisotopic (exact) mass is 730 g/mol. The summed E-state index contributed by atoms with van der Waals surface area (Å²) in [5, 5.41) is 8.42. The second-order valence-electron chi connectivity index (χ2n) is 14.4. The van der Waals surface area contributed by atoms with Crippen LogP contribution in [0.2, 0.25) is 0 Å². The lowest BCUT2D eigenvalue weighted by Gasteiger charge is -2.26. The first-order valence-electron chi connectivity index (χ1n) is 19.1. The van der Waals surface area contributed by atoms with Crippen molar-refractivity contribution in [1.82, 2.24) is 9.80 Å². The van der Waals surface area contributed by atoms with Gasteiger partial charge in [-0.2, -0.15) is 0 Å². The molecule has 1 atom stereocenters. The second-order valence-corrected chi connectivity index (χ2v) is 14.4. The number of nitrogens with zero attached hydrogens (tertiary/aromatic N) is 3. The quantitative estimate of drug-likeness (QED) is 0.176. The number of nitrogens with two attached hydrogens (primary N) is 1. The van der Waals surface area contributed by atoms with E-state index in [-0.39, 0.29) is 18.0 Å². The van der Waals surface area contributed by atoms with Crippen LogP contribution in [0.4, 0.5) is 4.79 Å². The molecule has 1 saturated carbocycles. The number of allylic oxidation sites excluding steroid dienone is 2. The molecule has 9 nitrogen and oxygen atoms in total. The van der Waals surface area contributed by atoms with Gasteiger partial charge in [-0.3, -0.25) is 15.2 Å². The Hall–Kier alpha value is -4.66. The molecule has 9 heteroatoms. The SMILES string of the molecule is C=CN=C(C)/C(C(=N)c1ccc(Oc2ccccc2)cc1)=C(\C)N.CCC.CCCC.C[C@@H]1CCN(C(=O)/C=C/CN(C(=O)OC(C)(C)C)C2CC2)C1. The van der Waals surface area contributed by atoms with E-state index in [1.807, 2.05) is 87.2 Å². The zero-order valence-corrected chi connectivity index (χ0v) is 34.2. The molecule has 0 bridgehead atoms. The fourth-order valence-electron chi connectivity index (χ4n) is 4.91. The van der Waals surface area contributed by atoms with Crippen LogP contribution in [0.15, 0.2) is 95.8 Å². The summed E-state index contributed by atoms with van der Waals surface area (Å²) in [6.07, 6.45) is 11.5. The maximum absolute atomic E-state index is 12.2. The molecule has 0 radical (unpaired) electrons. The third-order valence-electron chi connectivity index (χ3n) is 7.83. The summed E-state index contributed by atoms with van der Waals surface area (Å²) in [5.41, 5.74) is 8.35. The number of benzene rings is 2. The minimum atomic E-state index is -0.491. The van der Waals surface area contributed by atoms with Gasteiger partial charge in [-0.15, -0.1) is 0 Å². The number of carbonyl (C=O) groups is 2. The molecule has 1 aliphatic heterocycles. The Labute approximate surface area is 320 Å². The van der Waals surface area contributed by atoms with Crippen LogP contribution in [0.3, 0.4) is 0 Å². The molecule has 3 N–H and O–H groups in total. The summed E-state index contributed by atoms with van der Waals surface area (Å²) < 4.78 is 11.2. The maximum atomic E-state index is 12.2. The van der Waals surface area contributed by atoms with E-state index in [4.69, 9.17) is 20.6 Å². The van der Waals surface area contributed by atoms with Crippen molar-refractivity contribution in [3.63, 3.8) is 0 Å². The number of carbonyl (C=O) groups excluding carboxylic acids is 2. The summed E-state index contributed by atoms with van der Waals surface area (Å²) in [6, 6.07) is 17.2. The molecule has 0 unspecified atom stereocenters. The number of rotatable bonds is 11. The van der Waals surface area contributed by atoms with E-state index in [9.17, 15) is 9.59 Å². The molecule has 2 aliphatic rings. The number of ether oxygens (including phenoxy) is 2. The van der Waals surface area contributed by atoms with Gasteiger partial charge >= 0.3 is 6.09 Å². The van der Waals surface area contributed by atoms with E-state index in [1.54, 1.807) is 24.0 Å². The highest BCUT2D eigenvalue weighted by atomic mass is 16.6. The molecular weight excluding hydrogens is 663 g/mol. The third-order valence-corrected chi connectivity index (χ3v) is 7.83. The first-order valence-corrected chi connectivity index (χ1v) is 19.1. The topological polar surface area (TPSA) is 121 Å². The van der Waals surface area contributed by atoms with E-state index in [0.29, 0.717) is 40.9 Å². The van der Waals surface area contributed by atoms with Gasteiger partial charge in [0.2, 0.25) is 5.91 Å². The van der Waals surface area contributed by atoms with Crippen LogP contribution in [-0.4, -0.2) is 64.5 Å². The number of unbranched alkanes of at least 4 members (excludes halogenated alkanes) is 1. The smallest absolute Gasteiger partial charge is 0.410 e. The molecule has 2 aromatic carbocycles. The van der Waals surface area contributed by atoms with Gasteiger partial charge in [0, 0.05) is 60.5 Å². The second kappa shape index (κ2) is 24.6. The standard InChI is InChI=1S/C20H21N3O.C17H28N2O3.C4H10.C3H8/c1-4-23-15(3)19(14(2)21)20(22)16-10-12-18(13-11-16)24-17-8-6-5-7-9-17;1-13-9-11-18(12-13)15(20)6-5-10-19(14-7-8-14)16(21)22-17(2,3)4;1-3-4-2;1-3-2/h4-13,22H,1,21H2,2-3H3;5-6,13-14H,7-12H2,1-4H3;3-4H2,1-2H3;3H2,1-2H3/b19-14-,22-20?,23-15?;6-5+;;/t;13-;;/m.1../s1. The minimum Gasteiger partial charge on any atom is -0.457 e. The van der Waals surface area contributed by atoms with Crippen LogP contribution in [0.5, 0.6) is 11.5 Å². The van der Waals surface area contributed by atoms with Gasteiger partial charge in [0.1, 0.15) is 17.1 Å². The van der Waals surface area contributed by atoms with Gasteiger partial charge in [-0.05, 0) is 96.2 Å². The summed E-state index contributed by atoms with van der Waals surface area (Å²) in [4.78, 5) is 32.0. The van der Waals surface area contributed by atoms with Crippen molar-refractivity contribution in [3.05, 3.63) is 96.4 Å². The molecule has 4 rings (SSSR count). The van der Waals surface area contributed by atoms with Crippen molar-refractivity contribution in [1.29, 1.82) is 5.41 Å². The highest BCUT2D eigenvalue weighted by molar-refractivity contribution is 6.28. The number of nitrogens with one attached hydrogen (secondary N) is 1. The lowest BCUT2D eigenvalue weighted by Crippen LogP contribution is -2.38. The Bertz CT molecular complexity index is 1500. The molecule has 0 aromatic heterocycles. The number of likely N-dealkylation sites (tertiary alicyclic amines) is 1. The van der Waals surface area contributed by atoms with Gasteiger partial charge in [-0.1, -0.05) is 84.7 Å². The van der Waals surface area contributed by atoms with Crippen LogP contribution in [0, 0.1) is 11.3 Å². The van der Waals surface area contributed by atoms with E-state index >= 15 is 0 Å². The number of hydrogen-bond acceptors (Lipinski definition) is 7. The minimum absolute atomic E-state index is 0.0456. The number of aliphatic imine (C=N–C) groups is 1. The van der Waals surface area contributed by atoms with Crippen LogP contribution in [0.25, 0.3) is 0 Å². The third kappa shape index (κ3) is 18.6. The molecule has 2 fully saturated rings. The van der Waals surface area contributed by atoms with Crippen molar-refractivity contribution < 1.29 is 19.1 Å². The molecule has 1 heterocycles. The number of para-hydroxylation sites is 1. The average Bonchev–Trinajstić information content (AvgIpc) is 3.85. The summed E-state index contributed by atoms with van der Waals surface area (Å²) in [5.74, 6) is 2.11. The summed E-state index contributed by atoms with van der Waals surface area (Å²) in [7, 11) is 0. The highest BCUT2D eigenvalue weighted by Gasteiger charge is 2.34. The Morgan fingerprint density at radius 2 is 1.55 bits per heavy atom. The Balaban J connectivity index is 0.000000452. The Kier molecular flexibility index (Phi) is 21.5. The van der Waals surface area contributed by atoms with Gasteiger partial charge in [0.05, 0.1) is 5.71 Å². The van der Waals surface area contributed by atoms with Gasteiger partial charge < -0.3 is 25.0 Å². The van der Waals surface area contributed by atoms with Crippen LogP contribution in [-0.2, 0) is 9.53 Å². The van der Waals surface area contributed by atoms with E-state index in [1.165, 1.54) is 25.5 Å². The molecule has 1 aliphatic carbocycles. The zero-order valence-electron chi connectivity index (χ0n) is 34.2. The maximum Gasteiger partial charge on any atom is 0.410 e. The van der Waals surface area contributed by atoms with Crippen molar-refractivity contribution in [2.45, 2.75) is 119 Å². The van der Waals surface area contributed by atoms with Crippen LogP contribution in [0.1, 0.15) is 113 Å². The number of amides is 2. The van der Waals surface area contributed by atoms with Gasteiger partial charge in [0.15, 0.2) is 0 Å². The fourth-order valence-corrected chi connectivity index (χ4v) is 4.91. The lowest BCUT2D eigenvalue weighted by molar-refractivity contribution is -0.125. The lowest BCUT2D eigenvalue weighted by atomic mass is 9.97. The van der Waals surface area contributed by atoms with E-state index in [2.05, 4.69) is 46.2 Å². The normalized spacial score (nSPS) is 15.7. The van der Waals surface area contributed by atoms with Crippen molar-refractivity contribution in [2.75, 3.05) is 19.6 Å². The number of hydrogen-bond donors (Lipinski definition) is 2. The molecule has 2 amide bonds. The van der Waals surface area contributed by atoms with Crippen molar-refractivity contribution in [2.24, 2.45) is 16.6 Å². The van der Waals surface area contributed by atoms with Crippen molar-refractivity contribution >= 4 is 23.4 Å². The highest BCUT2D eigenvalue weighted by Crippen LogP contribution is 2.28. The van der Waals surface area contributed by atoms with Crippen LogP contribution < -0.4 is 10.5 Å². The predicted octanol–water partition coefficient (Wildman–Crippen LogP) is 10.7.